The van der Waals surface area contributed by atoms with Gasteiger partial charge in [-0.1, -0.05) is 18.2 Å². The lowest BCUT2D eigenvalue weighted by Gasteiger charge is -2.24. The number of nitrogens with zero attached hydrogens (tertiary/aromatic N) is 1. The number of aliphatic hydroxyl groups is 1. The predicted molar refractivity (Wildman–Crippen MR) is 70.8 cm³/mol. The number of halogens is 2. The molecule has 4 heteroatoms. The Morgan fingerprint density at radius 1 is 1.10 bits per heavy atom. The van der Waals surface area contributed by atoms with Gasteiger partial charge in [0.05, 0.1) is 17.2 Å². The Morgan fingerprint density at radius 2 is 1.65 bits per heavy atom. The molecule has 0 aliphatic carbocycles. The number of hydrogen-bond donors (Lipinski definition) is 1. The highest BCUT2D eigenvalue weighted by Crippen LogP contribution is 2.27. The number of nitriles is 1. The van der Waals surface area contributed by atoms with Gasteiger partial charge >= 0.3 is 0 Å². The molecular formula is C16H13F2NO. The van der Waals surface area contributed by atoms with Gasteiger partial charge in [-0.05, 0) is 36.8 Å². The maximum absolute atomic E-state index is 13.6. The summed E-state index contributed by atoms with van der Waals surface area (Å²) >= 11 is 0. The summed E-state index contributed by atoms with van der Waals surface area (Å²) < 4.78 is 27.2. The molecular weight excluding hydrogens is 260 g/mol. The van der Waals surface area contributed by atoms with E-state index in [0.717, 1.165) is 12.1 Å². The lowest BCUT2D eigenvalue weighted by molar-refractivity contribution is 0.0557. The minimum absolute atomic E-state index is 0.151. The molecule has 20 heavy (non-hydrogen) atoms. The first-order valence-corrected chi connectivity index (χ1v) is 6.10. The van der Waals surface area contributed by atoms with E-state index >= 15 is 0 Å². The molecule has 2 rings (SSSR count). The molecule has 102 valence electrons. The second kappa shape index (κ2) is 5.40. The van der Waals surface area contributed by atoms with Crippen LogP contribution in [0.5, 0.6) is 0 Å². The van der Waals surface area contributed by atoms with E-state index in [1.54, 1.807) is 24.3 Å². The highest BCUT2D eigenvalue weighted by molar-refractivity contribution is 5.35. The topological polar surface area (TPSA) is 44.0 Å². The van der Waals surface area contributed by atoms with Crippen LogP contribution < -0.4 is 0 Å². The number of benzene rings is 2. The second-order valence-corrected chi connectivity index (χ2v) is 4.84. The monoisotopic (exact) mass is 273 g/mol. The molecule has 0 bridgehead atoms. The normalized spacial score (nSPS) is 13.6. The Bertz CT molecular complexity index is 637. The van der Waals surface area contributed by atoms with Crippen molar-refractivity contribution in [2.45, 2.75) is 18.9 Å². The van der Waals surface area contributed by atoms with Crippen molar-refractivity contribution < 1.29 is 13.9 Å². The molecule has 1 atom stereocenters. The van der Waals surface area contributed by atoms with Gasteiger partial charge < -0.3 is 5.11 Å². The fourth-order valence-electron chi connectivity index (χ4n) is 2.05. The standard InChI is InChI=1S/C16H13F2NO/c1-16(20,12-7-5-11(10-19)6-8-12)9-13-14(17)3-2-4-15(13)18/h2-8,20H,9H2,1H3. The van der Waals surface area contributed by atoms with E-state index < -0.39 is 17.2 Å². The van der Waals surface area contributed by atoms with Crippen molar-refractivity contribution in [1.29, 1.82) is 5.26 Å². The van der Waals surface area contributed by atoms with Gasteiger partial charge in [-0.3, -0.25) is 0 Å². The molecule has 0 aliphatic rings. The van der Waals surface area contributed by atoms with Crippen LogP contribution in [0.3, 0.4) is 0 Å². The van der Waals surface area contributed by atoms with Crippen LogP contribution in [-0.4, -0.2) is 5.11 Å². The highest BCUT2D eigenvalue weighted by Gasteiger charge is 2.26. The van der Waals surface area contributed by atoms with Gasteiger partial charge in [-0.25, -0.2) is 8.78 Å². The SMILES string of the molecule is CC(O)(Cc1c(F)cccc1F)c1ccc(C#N)cc1. The zero-order valence-electron chi connectivity index (χ0n) is 10.9. The van der Waals surface area contributed by atoms with Crippen molar-refractivity contribution in [2.24, 2.45) is 0 Å². The number of hydrogen-bond acceptors (Lipinski definition) is 2. The van der Waals surface area contributed by atoms with Crippen molar-refractivity contribution >= 4 is 0 Å². The van der Waals surface area contributed by atoms with E-state index in [0.29, 0.717) is 11.1 Å². The molecule has 0 heterocycles. The van der Waals surface area contributed by atoms with Crippen LogP contribution in [0.15, 0.2) is 42.5 Å². The molecule has 0 saturated carbocycles. The van der Waals surface area contributed by atoms with Crippen LogP contribution >= 0.6 is 0 Å². The minimum atomic E-state index is -1.42. The lowest BCUT2D eigenvalue weighted by atomic mass is 9.88. The Kier molecular flexibility index (Phi) is 3.82. The molecule has 0 saturated heterocycles. The van der Waals surface area contributed by atoms with E-state index in [-0.39, 0.29) is 12.0 Å². The third-order valence-corrected chi connectivity index (χ3v) is 3.22. The first-order valence-electron chi connectivity index (χ1n) is 6.10. The summed E-state index contributed by atoms with van der Waals surface area (Å²) in [6, 6.07) is 11.8. The molecule has 0 aliphatic heterocycles. The zero-order valence-corrected chi connectivity index (χ0v) is 10.9. The summed E-state index contributed by atoms with van der Waals surface area (Å²) in [6.07, 6.45) is -0.183. The van der Waals surface area contributed by atoms with E-state index in [1.807, 2.05) is 6.07 Å². The molecule has 0 aromatic heterocycles. The molecule has 0 amide bonds. The molecule has 0 spiro atoms. The summed E-state index contributed by atoms with van der Waals surface area (Å²) in [6.45, 7) is 1.49. The Morgan fingerprint density at radius 3 is 2.15 bits per heavy atom. The maximum atomic E-state index is 13.6. The van der Waals surface area contributed by atoms with Gasteiger partial charge in [0.15, 0.2) is 0 Å². The summed E-state index contributed by atoms with van der Waals surface area (Å²) in [4.78, 5) is 0. The third kappa shape index (κ3) is 2.84. The highest BCUT2D eigenvalue weighted by atomic mass is 19.1. The third-order valence-electron chi connectivity index (χ3n) is 3.22. The van der Waals surface area contributed by atoms with E-state index in [2.05, 4.69) is 0 Å². The van der Waals surface area contributed by atoms with Gasteiger partial charge in [0.25, 0.3) is 0 Å². The Hall–Kier alpha value is -2.25. The van der Waals surface area contributed by atoms with Gasteiger partial charge in [-0.15, -0.1) is 0 Å². The molecule has 0 radical (unpaired) electrons. The molecule has 1 N–H and O–H groups in total. The average molecular weight is 273 g/mol. The van der Waals surface area contributed by atoms with Crippen LogP contribution in [0.2, 0.25) is 0 Å². The summed E-state index contributed by atoms with van der Waals surface area (Å²) in [5.41, 5.74) is -0.612. The Labute approximate surface area is 115 Å². The van der Waals surface area contributed by atoms with Crippen LogP contribution in [-0.2, 0) is 12.0 Å². The van der Waals surface area contributed by atoms with Gasteiger partial charge in [0, 0.05) is 12.0 Å². The first-order chi connectivity index (χ1) is 9.44. The second-order valence-electron chi connectivity index (χ2n) is 4.84. The summed E-state index contributed by atoms with van der Waals surface area (Å²) in [5.74, 6) is -1.36. The fraction of sp³-hybridized carbons (Fsp3) is 0.188. The smallest absolute Gasteiger partial charge is 0.129 e. The average Bonchev–Trinajstić information content (AvgIpc) is 2.43. The van der Waals surface area contributed by atoms with E-state index in [1.165, 1.54) is 13.0 Å². The molecule has 1 unspecified atom stereocenters. The van der Waals surface area contributed by atoms with Gasteiger partial charge in [-0.2, -0.15) is 5.26 Å². The number of rotatable bonds is 3. The molecule has 2 aromatic carbocycles. The molecule has 0 fully saturated rings. The largest absolute Gasteiger partial charge is 0.385 e. The van der Waals surface area contributed by atoms with Crippen molar-refractivity contribution in [3.8, 4) is 6.07 Å². The molecule has 2 aromatic rings. The van der Waals surface area contributed by atoms with Gasteiger partial charge in [0.1, 0.15) is 11.6 Å². The van der Waals surface area contributed by atoms with Crippen LogP contribution in [0, 0.1) is 23.0 Å². The van der Waals surface area contributed by atoms with Crippen molar-refractivity contribution in [3.63, 3.8) is 0 Å². The quantitative estimate of drug-likeness (QED) is 0.932. The van der Waals surface area contributed by atoms with Crippen LogP contribution in [0.4, 0.5) is 8.78 Å². The molecule has 2 nitrogen and oxygen atoms in total. The lowest BCUT2D eigenvalue weighted by Crippen LogP contribution is -2.25. The Balaban J connectivity index is 2.33. The zero-order chi connectivity index (χ0) is 14.8. The van der Waals surface area contributed by atoms with Crippen molar-refractivity contribution in [2.75, 3.05) is 0 Å². The van der Waals surface area contributed by atoms with Gasteiger partial charge in [0.2, 0.25) is 0 Å². The fourth-order valence-corrected chi connectivity index (χ4v) is 2.05. The first kappa shape index (κ1) is 14.2. The van der Waals surface area contributed by atoms with Crippen LogP contribution in [0.1, 0.15) is 23.6 Å². The summed E-state index contributed by atoms with van der Waals surface area (Å²) in [7, 11) is 0. The predicted octanol–water partition coefficient (Wildman–Crippen LogP) is 3.29. The van der Waals surface area contributed by atoms with E-state index in [9.17, 15) is 13.9 Å². The summed E-state index contributed by atoms with van der Waals surface area (Å²) in [5, 5.41) is 19.2. The van der Waals surface area contributed by atoms with E-state index in [4.69, 9.17) is 5.26 Å². The van der Waals surface area contributed by atoms with Crippen molar-refractivity contribution in [1.82, 2.24) is 0 Å². The van der Waals surface area contributed by atoms with Crippen molar-refractivity contribution in [3.05, 3.63) is 70.8 Å². The maximum Gasteiger partial charge on any atom is 0.129 e. The van der Waals surface area contributed by atoms with Crippen LogP contribution in [0.25, 0.3) is 0 Å². The minimum Gasteiger partial charge on any atom is -0.385 e.